The number of hydrogen-bond acceptors (Lipinski definition) is 2. The van der Waals surface area contributed by atoms with E-state index in [0.717, 1.165) is 12.8 Å². The Kier molecular flexibility index (Phi) is 3.81. The molecule has 0 saturated heterocycles. The molecule has 0 amide bonds. The van der Waals surface area contributed by atoms with Crippen LogP contribution in [0.4, 0.5) is 0 Å². The quantitative estimate of drug-likeness (QED) is 0.861. The molecule has 1 fully saturated rings. The van der Waals surface area contributed by atoms with E-state index >= 15 is 0 Å². The summed E-state index contributed by atoms with van der Waals surface area (Å²) in [5, 5.41) is 12.7. The third-order valence-corrected chi connectivity index (χ3v) is 3.72. The Morgan fingerprint density at radius 3 is 2.65 bits per heavy atom. The topological polar surface area (TPSA) is 35.8 Å². The summed E-state index contributed by atoms with van der Waals surface area (Å²) in [6, 6.07) is 11.7. The molecule has 1 aromatic rings. The molecule has 0 bridgehead atoms. The zero-order valence-corrected chi connectivity index (χ0v) is 10.6. The Bertz CT molecular complexity index is 402. The summed E-state index contributed by atoms with van der Waals surface area (Å²) in [6.07, 6.45) is 3.36. The van der Waals surface area contributed by atoms with E-state index in [1.54, 1.807) is 0 Å². The minimum atomic E-state index is 0.197. The second kappa shape index (κ2) is 5.33. The zero-order valence-electron chi connectivity index (χ0n) is 10.6. The molecule has 2 unspecified atom stereocenters. The number of benzene rings is 1. The first kappa shape index (κ1) is 12.1. The van der Waals surface area contributed by atoms with Crippen LogP contribution in [0, 0.1) is 24.2 Å². The van der Waals surface area contributed by atoms with Crippen LogP contribution in [0.1, 0.15) is 43.4 Å². The third kappa shape index (κ3) is 2.87. The van der Waals surface area contributed by atoms with Crippen LogP contribution in [0.3, 0.4) is 0 Å². The van der Waals surface area contributed by atoms with Gasteiger partial charge in [0.2, 0.25) is 0 Å². The van der Waals surface area contributed by atoms with Crippen LogP contribution >= 0.6 is 0 Å². The number of nitrogens with one attached hydrogen (secondary N) is 1. The average molecular weight is 228 g/mol. The van der Waals surface area contributed by atoms with Gasteiger partial charge < -0.3 is 5.32 Å². The minimum Gasteiger partial charge on any atom is -0.306 e. The summed E-state index contributed by atoms with van der Waals surface area (Å²) in [6.45, 7) is 4.28. The fourth-order valence-electron chi connectivity index (χ4n) is 2.59. The Morgan fingerprint density at radius 2 is 2.00 bits per heavy atom. The molecule has 0 aromatic heterocycles. The number of rotatable bonds is 3. The number of aryl methyl sites for hydroxylation is 1. The number of hydrogen-bond donors (Lipinski definition) is 1. The second-order valence-electron chi connectivity index (χ2n) is 5.07. The first-order valence-corrected chi connectivity index (χ1v) is 6.43. The van der Waals surface area contributed by atoms with Crippen molar-refractivity contribution in [2.45, 2.75) is 45.2 Å². The Hall–Kier alpha value is -1.33. The standard InChI is InChI=1S/C15H20N2/c1-11-6-8-13(9-7-11)12(2)17-15-5-3-4-14(15)10-16/h6-9,12,14-15,17H,3-5H2,1-2H3/t12-,14?,15?/m0/s1. The summed E-state index contributed by atoms with van der Waals surface area (Å²) in [7, 11) is 0. The van der Waals surface area contributed by atoms with Gasteiger partial charge in [0.25, 0.3) is 0 Å². The van der Waals surface area contributed by atoms with Crippen LogP contribution in [0.15, 0.2) is 24.3 Å². The molecule has 1 saturated carbocycles. The summed E-state index contributed by atoms with van der Waals surface area (Å²) in [4.78, 5) is 0. The van der Waals surface area contributed by atoms with Crippen molar-refractivity contribution in [3.8, 4) is 6.07 Å². The molecule has 17 heavy (non-hydrogen) atoms. The van der Waals surface area contributed by atoms with Crippen LogP contribution in [0.25, 0.3) is 0 Å². The maximum atomic E-state index is 9.07. The van der Waals surface area contributed by atoms with E-state index < -0.39 is 0 Å². The lowest BCUT2D eigenvalue weighted by atomic mass is 10.0. The first-order chi connectivity index (χ1) is 8.20. The van der Waals surface area contributed by atoms with Gasteiger partial charge in [-0.15, -0.1) is 0 Å². The van der Waals surface area contributed by atoms with Gasteiger partial charge >= 0.3 is 0 Å². The minimum absolute atomic E-state index is 0.197. The highest BCUT2D eigenvalue weighted by Gasteiger charge is 2.27. The monoisotopic (exact) mass is 228 g/mol. The predicted octanol–water partition coefficient (Wildman–Crippen LogP) is 3.34. The molecule has 2 rings (SSSR count). The van der Waals surface area contributed by atoms with Gasteiger partial charge in [0.1, 0.15) is 0 Å². The van der Waals surface area contributed by atoms with Crippen molar-refractivity contribution >= 4 is 0 Å². The molecule has 1 N–H and O–H groups in total. The van der Waals surface area contributed by atoms with E-state index in [2.05, 4.69) is 49.5 Å². The van der Waals surface area contributed by atoms with Gasteiger partial charge in [-0.2, -0.15) is 5.26 Å². The van der Waals surface area contributed by atoms with Crippen molar-refractivity contribution in [3.63, 3.8) is 0 Å². The summed E-state index contributed by atoms with van der Waals surface area (Å²) in [5.41, 5.74) is 2.59. The van der Waals surface area contributed by atoms with Gasteiger partial charge in [-0.25, -0.2) is 0 Å². The van der Waals surface area contributed by atoms with Gasteiger partial charge in [-0.1, -0.05) is 36.2 Å². The first-order valence-electron chi connectivity index (χ1n) is 6.43. The maximum Gasteiger partial charge on any atom is 0.0672 e. The molecule has 0 heterocycles. The van der Waals surface area contributed by atoms with E-state index in [4.69, 9.17) is 5.26 Å². The normalized spacial score (nSPS) is 25.5. The highest BCUT2D eigenvalue weighted by Crippen LogP contribution is 2.27. The molecular formula is C15H20N2. The molecule has 2 heteroatoms. The van der Waals surface area contributed by atoms with Crippen molar-refractivity contribution in [2.24, 2.45) is 5.92 Å². The molecule has 2 nitrogen and oxygen atoms in total. The van der Waals surface area contributed by atoms with Gasteiger partial charge in [0.15, 0.2) is 0 Å². The molecule has 0 aliphatic heterocycles. The van der Waals surface area contributed by atoms with Crippen LogP contribution in [-0.2, 0) is 0 Å². The Balaban J connectivity index is 1.99. The molecule has 90 valence electrons. The molecule has 1 aliphatic rings. The predicted molar refractivity (Wildman–Crippen MR) is 69.5 cm³/mol. The average Bonchev–Trinajstić information content (AvgIpc) is 2.77. The van der Waals surface area contributed by atoms with Gasteiger partial charge in [-0.05, 0) is 32.3 Å². The Morgan fingerprint density at radius 1 is 1.29 bits per heavy atom. The molecule has 0 radical (unpaired) electrons. The molecule has 1 aliphatic carbocycles. The smallest absolute Gasteiger partial charge is 0.0672 e. The van der Waals surface area contributed by atoms with Crippen LogP contribution < -0.4 is 5.32 Å². The van der Waals surface area contributed by atoms with Crippen molar-refractivity contribution in [3.05, 3.63) is 35.4 Å². The van der Waals surface area contributed by atoms with Crippen molar-refractivity contribution in [1.82, 2.24) is 5.32 Å². The fourth-order valence-corrected chi connectivity index (χ4v) is 2.59. The van der Waals surface area contributed by atoms with E-state index in [1.165, 1.54) is 17.5 Å². The maximum absolute atomic E-state index is 9.07. The summed E-state index contributed by atoms with van der Waals surface area (Å²) in [5.74, 6) is 0.197. The third-order valence-electron chi connectivity index (χ3n) is 3.72. The molecule has 0 spiro atoms. The lowest BCUT2D eigenvalue weighted by molar-refractivity contribution is 0.417. The summed E-state index contributed by atoms with van der Waals surface area (Å²) < 4.78 is 0. The fraction of sp³-hybridized carbons (Fsp3) is 0.533. The number of nitriles is 1. The lowest BCUT2D eigenvalue weighted by Gasteiger charge is -2.22. The van der Waals surface area contributed by atoms with Crippen LogP contribution in [0.2, 0.25) is 0 Å². The van der Waals surface area contributed by atoms with Crippen LogP contribution in [-0.4, -0.2) is 6.04 Å². The largest absolute Gasteiger partial charge is 0.306 e. The van der Waals surface area contributed by atoms with Gasteiger partial charge in [0, 0.05) is 12.1 Å². The van der Waals surface area contributed by atoms with Crippen molar-refractivity contribution in [2.75, 3.05) is 0 Å². The second-order valence-corrected chi connectivity index (χ2v) is 5.07. The zero-order chi connectivity index (χ0) is 12.3. The molecule has 3 atom stereocenters. The number of nitrogens with zero attached hydrogens (tertiary/aromatic N) is 1. The van der Waals surface area contributed by atoms with Gasteiger partial charge in [-0.3, -0.25) is 0 Å². The van der Waals surface area contributed by atoms with E-state index in [9.17, 15) is 0 Å². The van der Waals surface area contributed by atoms with E-state index in [-0.39, 0.29) is 5.92 Å². The lowest BCUT2D eigenvalue weighted by Crippen LogP contribution is -2.33. The van der Waals surface area contributed by atoms with E-state index in [1.807, 2.05) is 0 Å². The summed E-state index contributed by atoms with van der Waals surface area (Å²) >= 11 is 0. The highest BCUT2D eigenvalue weighted by molar-refractivity contribution is 5.23. The van der Waals surface area contributed by atoms with Crippen molar-refractivity contribution in [1.29, 1.82) is 5.26 Å². The van der Waals surface area contributed by atoms with Crippen LogP contribution in [0.5, 0.6) is 0 Å². The van der Waals surface area contributed by atoms with E-state index in [0.29, 0.717) is 12.1 Å². The molecular weight excluding hydrogens is 208 g/mol. The molecule has 1 aromatic carbocycles. The highest BCUT2D eigenvalue weighted by atomic mass is 15.0. The van der Waals surface area contributed by atoms with Crippen molar-refractivity contribution < 1.29 is 0 Å². The Labute approximate surface area is 104 Å². The SMILES string of the molecule is Cc1ccc([C@H](C)NC2CCCC2C#N)cc1. The van der Waals surface area contributed by atoms with Gasteiger partial charge in [0.05, 0.1) is 12.0 Å².